The molecule has 0 saturated carbocycles. The molecule has 236 valence electrons. The second-order valence-electron chi connectivity index (χ2n) is 10.5. The van der Waals surface area contributed by atoms with Crippen molar-refractivity contribution in [2.75, 3.05) is 57.0 Å². The van der Waals surface area contributed by atoms with Gasteiger partial charge in [0.1, 0.15) is 18.2 Å². The normalized spacial score (nSPS) is 19.6. The lowest BCUT2D eigenvalue weighted by atomic mass is 10.0. The number of alkyl halides is 5. The van der Waals surface area contributed by atoms with E-state index in [1.165, 1.54) is 18.2 Å². The van der Waals surface area contributed by atoms with E-state index in [1.54, 1.807) is 11.9 Å². The van der Waals surface area contributed by atoms with Crippen LogP contribution in [0.4, 0.5) is 33.6 Å². The Morgan fingerprint density at radius 3 is 2.57 bits per heavy atom. The number of hydrogen-bond acceptors (Lipinski definition) is 9. The Morgan fingerprint density at radius 2 is 1.91 bits per heavy atom. The summed E-state index contributed by atoms with van der Waals surface area (Å²) in [6.07, 6.45) is -3.88. The first-order chi connectivity index (χ1) is 20.8. The molecule has 0 spiro atoms. The molecule has 4 heterocycles. The van der Waals surface area contributed by atoms with E-state index in [2.05, 4.69) is 26.3 Å². The summed E-state index contributed by atoms with van der Waals surface area (Å²) in [5, 5.41) is 0.410. The molecule has 2 fully saturated rings. The van der Waals surface area contributed by atoms with Gasteiger partial charge < -0.3 is 25.0 Å². The molecule has 5 rings (SSSR count). The lowest BCUT2D eigenvalue weighted by molar-refractivity contribution is -0.158. The second-order valence-corrected chi connectivity index (χ2v) is 10.9. The van der Waals surface area contributed by atoms with Crippen molar-refractivity contribution >= 4 is 40.0 Å². The Morgan fingerprint density at radius 1 is 1.18 bits per heavy atom. The minimum atomic E-state index is -4.73. The summed E-state index contributed by atoms with van der Waals surface area (Å²) in [7, 11) is 1.75. The zero-order valence-corrected chi connectivity index (χ0v) is 24.3. The van der Waals surface area contributed by atoms with Crippen LogP contribution < -0.4 is 15.4 Å². The number of rotatable bonds is 8. The fourth-order valence-corrected chi connectivity index (χ4v) is 5.67. The lowest BCUT2D eigenvalue weighted by Crippen LogP contribution is -2.48. The Kier molecular flexibility index (Phi) is 9.09. The number of nitrogens with zero attached hydrogens (tertiary/aromatic N) is 6. The highest BCUT2D eigenvalue weighted by Gasteiger charge is 2.36. The topological polar surface area (TPSA) is 110 Å². The van der Waals surface area contributed by atoms with Crippen LogP contribution in [0.25, 0.3) is 22.2 Å². The summed E-state index contributed by atoms with van der Waals surface area (Å²) in [5.41, 5.74) is 4.45. The fraction of sp³-hybridized carbons (Fsp3) is 0.429. The maximum Gasteiger partial charge on any atom is 0.418 e. The molecule has 3 aromatic rings. The summed E-state index contributed by atoms with van der Waals surface area (Å²) >= 11 is 6.57. The third kappa shape index (κ3) is 6.79. The van der Waals surface area contributed by atoms with Gasteiger partial charge in [0.15, 0.2) is 0 Å². The van der Waals surface area contributed by atoms with Crippen molar-refractivity contribution in [3.63, 3.8) is 0 Å². The third-order valence-corrected chi connectivity index (χ3v) is 7.95. The minimum Gasteiger partial charge on any atom is -0.462 e. The van der Waals surface area contributed by atoms with E-state index >= 15 is 0 Å². The fourth-order valence-electron chi connectivity index (χ4n) is 5.41. The monoisotopic (exact) mass is 641 g/mol. The zero-order valence-electron chi connectivity index (χ0n) is 23.5. The van der Waals surface area contributed by atoms with Gasteiger partial charge in [0.05, 0.1) is 27.9 Å². The van der Waals surface area contributed by atoms with E-state index in [0.717, 1.165) is 12.1 Å². The van der Waals surface area contributed by atoms with Crippen molar-refractivity contribution < 1.29 is 36.2 Å². The first kappa shape index (κ1) is 31.6. The summed E-state index contributed by atoms with van der Waals surface area (Å²) in [5.74, 6) is 0.0662. The van der Waals surface area contributed by atoms with E-state index in [9.17, 15) is 26.7 Å². The molecule has 2 atom stereocenters. The van der Waals surface area contributed by atoms with Gasteiger partial charge in [-0.05, 0) is 43.8 Å². The van der Waals surface area contributed by atoms with Gasteiger partial charge in [-0.15, -0.1) is 0 Å². The number of likely N-dealkylation sites (N-methyl/N-ethyl adjacent to an activating group) is 1. The SMILES string of the molecule is C=CC(=O)N1CCN(c2nc(OC[C@@H]3C[C@@H](OC(F)F)CN3C)nc3cc(-c4nc(N)ccc4C(F)(F)F)c(Cl)cc23)CC1. The maximum absolute atomic E-state index is 13.9. The number of benzene rings is 1. The van der Waals surface area contributed by atoms with Crippen LogP contribution in [0.1, 0.15) is 12.0 Å². The molecule has 16 heteroatoms. The number of pyridine rings is 1. The van der Waals surface area contributed by atoms with Crippen LogP contribution in [0.2, 0.25) is 5.02 Å². The van der Waals surface area contributed by atoms with Gasteiger partial charge in [-0.1, -0.05) is 18.2 Å². The molecule has 2 aliphatic rings. The molecule has 0 unspecified atom stereocenters. The highest BCUT2D eigenvalue weighted by Crippen LogP contribution is 2.41. The van der Waals surface area contributed by atoms with Gasteiger partial charge in [0, 0.05) is 49.7 Å². The highest BCUT2D eigenvalue weighted by atomic mass is 35.5. The number of aromatic nitrogens is 3. The lowest BCUT2D eigenvalue weighted by Gasteiger charge is -2.35. The molecule has 2 aliphatic heterocycles. The largest absolute Gasteiger partial charge is 0.462 e. The van der Waals surface area contributed by atoms with Crippen molar-refractivity contribution in [3.05, 3.63) is 47.5 Å². The molecule has 0 bridgehead atoms. The van der Waals surface area contributed by atoms with Crippen LogP contribution in [-0.4, -0.2) is 95.8 Å². The van der Waals surface area contributed by atoms with Gasteiger partial charge in [-0.25, -0.2) is 4.98 Å². The Balaban J connectivity index is 1.53. The van der Waals surface area contributed by atoms with Crippen LogP contribution >= 0.6 is 11.6 Å². The number of carbonyl (C=O) groups excluding carboxylic acids is 1. The predicted octanol–water partition coefficient (Wildman–Crippen LogP) is 4.47. The predicted molar refractivity (Wildman–Crippen MR) is 154 cm³/mol. The van der Waals surface area contributed by atoms with Crippen LogP contribution in [0.5, 0.6) is 6.01 Å². The molecular weight excluding hydrogens is 613 g/mol. The van der Waals surface area contributed by atoms with Gasteiger partial charge in [-0.2, -0.15) is 31.9 Å². The number of hydrogen-bond donors (Lipinski definition) is 1. The van der Waals surface area contributed by atoms with Crippen molar-refractivity contribution in [2.45, 2.75) is 31.4 Å². The molecule has 1 amide bonds. The first-order valence-corrected chi connectivity index (χ1v) is 14.0. The zero-order chi connectivity index (χ0) is 31.8. The summed E-state index contributed by atoms with van der Waals surface area (Å²) in [6, 6.07) is 4.38. The summed E-state index contributed by atoms with van der Waals surface area (Å²) < 4.78 is 77.8. The number of ether oxygens (including phenoxy) is 2. The van der Waals surface area contributed by atoms with Gasteiger partial charge >= 0.3 is 18.8 Å². The third-order valence-electron chi connectivity index (χ3n) is 7.64. The molecule has 2 N–H and O–H groups in total. The molecule has 0 aliphatic carbocycles. The number of amides is 1. The standard InChI is InChI=1S/C28H29ClF5N7O3/c1-3-23(42)40-6-8-41(9-7-40)25-18-11-20(29)17(24-19(28(32,33)34)4-5-22(35)37-24)12-21(18)36-27(38-25)43-14-15-10-16(13-39(15)2)44-26(30)31/h3-5,11-12,15-16,26H,1,6-10,13-14H2,2H3,(H2,35,37)/t15-,16+/m0/s1. The van der Waals surface area contributed by atoms with Crippen LogP contribution in [0.3, 0.4) is 0 Å². The smallest absolute Gasteiger partial charge is 0.418 e. The average molecular weight is 642 g/mol. The van der Waals surface area contributed by atoms with E-state index < -0.39 is 30.1 Å². The second kappa shape index (κ2) is 12.7. The van der Waals surface area contributed by atoms with Gasteiger partial charge in [0.25, 0.3) is 0 Å². The van der Waals surface area contributed by atoms with Crippen molar-refractivity contribution in [3.8, 4) is 17.3 Å². The van der Waals surface area contributed by atoms with Crippen LogP contribution in [-0.2, 0) is 15.7 Å². The number of carbonyl (C=O) groups is 1. The van der Waals surface area contributed by atoms with E-state index in [-0.39, 0.29) is 53.0 Å². The van der Waals surface area contributed by atoms with E-state index in [1.807, 2.05) is 9.80 Å². The van der Waals surface area contributed by atoms with Crippen molar-refractivity contribution in [2.24, 2.45) is 0 Å². The number of nitrogen functional groups attached to an aromatic ring is 1. The molecule has 0 radical (unpaired) electrons. The number of piperazine rings is 1. The number of likely N-dealkylation sites (tertiary alicyclic amines) is 1. The summed E-state index contributed by atoms with van der Waals surface area (Å²) in [6.45, 7) is 2.48. The Bertz CT molecular complexity index is 1550. The molecule has 2 aromatic heterocycles. The highest BCUT2D eigenvalue weighted by molar-refractivity contribution is 6.34. The summed E-state index contributed by atoms with van der Waals surface area (Å²) in [4.78, 5) is 30.5. The maximum atomic E-state index is 13.9. The van der Waals surface area contributed by atoms with E-state index in [0.29, 0.717) is 43.8 Å². The average Bonchev–Trinajstić information content (AvgIpc) is 3.32. The van der Waals surface area contributed by atoms with Crippen LogP contribution in [0.15, 0.2) is 36.9 Å². The van der Waals surface area contributed by atoms with Gasteiger partial charge in [0.2, 0.25) is 5.91 Å². The number of nitrogens with two attached hydrogens (primary N) is 1. The quantitative estimate of drug-likeness (QED) is 0.281. The molecule has 10 nitrogen and oxygen atoms in total. The number of halogens is 6. The molecule has 2 saturated heterocycles. The van der Waals surface area contributed by atoms with Crippen molar-refractivity contribution in [1.82, 2.24) is 24.8 Å². The number of anilines is 2. The Hall–Kier alpha value is -3.82. The number of fused-ring (bicyclic) bond motifs is 1. The van der Waals surface area contributed by atoms with E-state index in [4.69, 9.17) is 22.1 Å². The van der Waals surface area contributed by atoms with Gasteiger partial charge in [-0.3, -0.25) is 9.69 Å². The molecule has 1 aromatic carbocycles. The minimum absolute atomic E-state index is 0.0299. The molecule has 44 heavy (non-hydrogen) atoms. The molecular formula is C28H29ClF5N7O3. The van der Waals surface area contributed by atoms with Crippen LogP contribution in [0, 0.1) is 0 Å². The first-order valence-electron chi connectivity index (χ1n) is 13.6. The van der Waals surface area contributed by atoms with Crippen molar-refractivity contribution in [1.29, 1.82) is 0 Å². The Labute approximate surface area is 254 Å².